The van der Waals surface area contributed by atoms with Crippen molar-refractivity contribution in [3.05, 3.63) is 65.7 Å². The van der Waals surface area contributed by atoms with E-state index in [0.717, 1.165) is 12.0 Å². The van der Waals surface area contributed by atoms with Crippen molar-refractivity contribution >= 4 is 29.9 Å². The van der Waals surface area contributed by atoms with E-state index in [9.17, 15) is 13.2 Å². The SMILES string of the molecule is CN(C)C(CNC(N)=NCc1ccc(OC(F)(F)F)cc1)Cc1ccccc1.I. The van der Waals surface area contributed by atoms with Crippen LogP contribution < -0.4 is 15.8 Å². The molecule has 0 aliphatic heterocycles. The average Bonchev–Trinajstić information content (AvgIpc) is 2.64. The topological polar surface area (TPSA) is 62.9 Å². The lowest BCUT2D eigenvalue weighted by Gasteiger charge is -2.25. The Morgan fingerprint density at radius 3 is 2.24 bits per heavy atom. The van der Waals surface area contributed by atoms with Crippen LogP contribution in [0.2, 0.25) is 0 Å². The van der Waals surface area contributed by atoms with Crippen molar-refractivity contribution in [2.24, 2.45) is 10.7 Å². The van der Waals surface area contributed by atoms with E-state index in [1.54, 1.807) is 0 Å². The van der Waals surface area contributed by atoms with Crippen LogP contribution in [0.5, 0.6) is 5.75 Å². The predicted octanol–water partition coefficient (Wildman–Crippen LogP) is 3.78. The van der Waals surface area contributed by atoms with E-state index in [2.05, 4.69) is 32.1 Å². The third-order valence-corrected chi connectivity index (χ3v) is 4.15. The summed E-state index contributed by atoms with van der Waals surface area (Å²) in [4.78, 5) is 6.36. The molecule has 0 amide bonds. The molecule has 1 unspecified atom stereocenters. The maximum absolute atomic E-state index is 12.2. The molecule has 0 aliphatic carbocycles. The summed E-state index contributed by atoms with van der Waals surface area (Å²) >= 11 is 0. The minimum absolute atomic E-state index is 0. The summed E-state index contributed by atoms with van der Waals surface area (Å²) in [5.74, 6) is 0.0246. The van der Waals surface area contributed by atoms with Gasteiger partial charge in [0.25, 0.3) is 0 Å². The van der Waals surface area contributed by atoms with Crippen LogP contribution in [0.3, 0.4) is 0 Å². The van der Waals surface area contributed by atoms with E-state index in [1.807, 2.05) is 32.3 Å². The first-order valence-corrected chi connectivity index (χ1v) is 8.82. The Morgan fingerprint density at radius 1 is 1.07 bits per heavy atom. The number of ether oxygens (including phenoxy) is 1. The minimum Gasteiger partial charge on any atom is -0.406 e. The Labute approximate surface area is 186 Å². The number of nitrogens with zero attached hydrogens (tertiary/aromatic N) is 2. The van der Waals surface area contributed by atoms with Crippen molar-refractivity contribution in [1.29, 1.82) is 0 Å². The number of alkyl halides is 3. The zero-order valence-electron chi connectivity index (χ0n) is 16.3. The first kappa shape index (κ1) is 25.0. The third-order valence-electron chi connectivity index (χ3n) is 4.15. The van der Waals surface area contributed by atoms with Gasteiger partial charge in [0, 0.05) is 12.6 Å². The second kappa shape index (κ2) is 11.9. The summed E-state index contributed by atoms with van der Waals surface area (Å²) in [5, 5.41) is 3.11. The van der Waals surface area contributed by atoms with Crippen LogP contribution in [-0.4, -0.2) is 43.9 Å². The summed E-state index contributed by atoms with van der Waals surface area (Å²) in [7, 11) is 4.01. The van der Waals surface area contributed by atoms with Gasteiger partial charge < -0.3 is 20.7 Å². The lowest BCUT2D eigenvalue weighted by atomic mass is 10.1. The quantitative estimate of drug-likeness (QED) is 0.315. The van der Waals surface area contributed by atoms with Gasteiger partial charge in [0.15, 0.2) is 5.96 Å². The van der Waals surface area contributed by atoms with E-state index in [0.29, 0.717) is 6.54 Å². The molecule has 0 spiro atoms. The molecule has 0 aromatic heterocycles. The average molecular weight is 522 g/mol. The van der Waals surface area contributed by atoms with Crippen molar-refractivity contribution in [3.63, 3.8) is 0 Å². The molecule has 0 fully saturated rings. The first-order chi connectivity index (χ1) is 13.2. The minimum atomic E-state index is -4.70. The molecule has 2 aromatic rings. The number of guanidine groups is 1. The molecular formula is C20H26F3IN4O. The van der Waals surface area contributed by atoms with Crippen molar-refractivity contribution in [2.75, 3.05) is 20.6 Å². The second-order valence-electron chi connectivity index (χ2n) is 6.58. The van der Waals surface area contributed by atoms with Crippen molar-refractivity contribution in [1.82, 2.24) is 10.2 Å². The highest BCUT2D eigenvalue weighted by Crippen LogP contribution is 2.22. The molecule has 9 heteroatoms. The monoisotopic (exact) mass is 522 g/mol. The van der Waals surface area contributed by atoms with Gasteiger partial charge in [-0.2, -0.15) is 0 Å². The molecule has 3 N–H and O–H groups in total. The Balaban J connectivity index is 0.00000420. The Bertz CT molecular complexity index is 753. The number of benzene rings is 2. The molecule has 160 valence electrons. The molecule has 29 heavy (non-hydrogen) atoms. The van der Waals surface area contributed by atoms with Crippen LogP contribution >= 0.6 is 24.0 Å². The first-order valence-electron chi connectivity index (χ1n) is 8.82. The molecule has 2 aromatic carbocycles. The zero-order valence-corrected chi connectivity index (χ0v) is 18.6. The smallest absolute Gasteiger partial charge is 0.406 e. The van der Waals surface area contributed by atoms with Crippen molar-refractivity contribution < 1.29 is 17.9 Å². The summed E-state index contributed by atoms with van der Waals surface area (Å²) in [6, 6.07) is 16.0. The summed E-state index contributed by atoms with van der Waals surface area (Å²) in [6.45, 7) is 0.881. The zero-order chi connectivity index (χ0) is 20.6. The van der Waals surface area contributed by atoms with Gasteiger partial charge in [-0.3, -0.25) is 0 Å². The van der Waals surface area contributed by atoms with Gasteiger partial charge in [-0.05, 0) is 43.8 Å². The van der Waals surface area contributed by atoms with Gasteiger partial charge in [-0.15, -0.1) is 37.1 Å². The molecule has 0 radical (unpaired) electrons. The van der Waals surface area contributed by atoms with Crippen molar-refractivity contribution in [3.8, 4) is 5.75 Å². The molecule has 0 saturated heterocycles. The van der Waals surface area contributed by atoms with Gasteiger partial charge in [-0.25, -0.2) is 4.99 Å². The van der Waals surface area contributed by atoms with E-state index in [1.165, 1.54) is 29.8 Å². The van der Waals surface area contributed by atoms with Crippen molar-refractivity contribution in [2.45, 2.75) is 25.4 Å². The molecular weight excluding hydrogens is 496 g/mol. The van der Waals surface area contributed by atoms with E-state index in [4.69, 9.17) is 5.73 Å². The van der Waals surface area contributed by atoms with Gasteiger partial charge in [0.2, 0.25) is 0 Å². The lowest BCUT2D eigenvalue weighted by molar-refractivity contribution is -0.274. The number of halogens is 4. The number of nitrogens with two attached hydrogens (primary N) is 1. The normalized spacial score (nSPS) is 13.0. The van der Waals surface area contributed by atoms with E-state index >= 15 is 0 Å². The van der Waals surface area contributed by atoms with Gasteiger partial charge in [-0.1, -0.05) is 42.5 Å². The van der Waals surface area contributed by atoms with Gasteiger partial charge in [0.1, 0.15) is 5.75 Å². The number of nitrogens with one attached hydrogen (secondary N) is 1. The van der Waals surface area contributed by atoms with Crippen LogP contribution in [0, 0.1) is 0 Å². The fourth-order valence-electron chi connectivity index (χ4n) is 2.57. The van der Waals surface area contributed by atoms with E-state index < -0.39 is 6.36 Å². The number of hydrogen-bond donors (Lipinski definition) is 2. The predicted molar refractivity (Wildman–Crippen MR) is 119 cm³/mol. The van der Waals surface area contributed by atoms with Crippen LogP contribution in [0.1, 0.15) is 11.1 Å². The summed E-state index contributed by atoms with van der Waals surface area (Å²) in [5.41, 5.74) is 7.89. The highest BCUT2D eigenvalue weighted by Gasteiger charge is 2.30. The standard InChI is InChI=1S/C20H25F3N4O.HI/c1-27(2)17(12-15-6-4-3-5-7-15)14-26-19(24)25-13-16-8-10-18(11-9-16)28-20(21,22)23;/h3-11,17H,12-14H2,1-2H3,(H3,24,25,26);1H. The molecule has 2 rings (SSSR count). The van der Waals surface area contributed by atoms with Gasteiger partial charge in [0.05, 0.1) is 6.54 Å². The lowest BCUT2D eigenvalue weighted by Crippen LogP contribution is -2.44. The maximum Gasteiger partial charge on any atom is 0.573 e. The largest absolute Gasteiger partial charge is 0.573 e. The molecule has 0 bridgehead atoms. The number of aliphatic imine (C=N–C) groups is 1. The maximum atomic E-state index is 12.2. The highest BCUT2D eigenvalue weighted by atomic mass is 127. The Morgan fingerprint density at radius 2 is 1.69 bits per heavy atom. The fourth-order valence-corrected chi connectivity index (χ4v) is 2.57. The highest BCUT2D eigenvalue weighted by molar-refractivity contribution is 14.0. The molecule has 0 aliphatic rings. The van der Waals surface area contributed by atoms with Crippen LogP contribution in [0.4, 0.5) is 13.2 Å². The van der Waals surface area contributed by atoms with Crippen LogP contribution in [0.15, 0.2) is 59.6 Å². The molecule has 0 heterocycles. The fraction of sp³-hybridized carbons (Fsp3) is 0.350. The third kappa shape index (κ3) is 9.84. The van der Waals surface area contributed by atoms with Crippen LogP contribution in [0.25, 0.3) is 0 Å². The Hall–Kier alpha value is -2.01. The van der Waals surface area contributed by atoms with E-state index in [-0.39, 0.29) is 48.3 Å². The summed E-state index contributed by atoms with van der Waals surface area (Å²) in [6.07, 6.45) is -3.83. The molecule has 1 atom stereocenters. The Kier molecular flexibility index (Phi) is 10.2. The number of rotatable bonds is 8. The summed E-state index contributed by atoms with van der Waals surface area (Å²) < 4.78 is 40.3. The second-order valence-corrected chi connectivity index (χ2v) is 6.58. The molecule has 5 nitrogen and oxygen atoms in total. The van der Waals surface area contributed by atoms with Crippen LogP contribution in [-0.2, 0) is 13.0 Å². The van der Waals surface area contributed by atoms with Gasteiger partial charge >= 0.3 is 6.36 Å². The molecule has 0 saturated carbocycles. The number of likely N-dealkylation sites (N-methyl/N-ethyl adjacent to an activating group) is 1. The number of hydrogen-bond acceptors (Lipinski definition) is 3.